The van der Waals surface area contributed by atoms with Crippen LogP contribution in [0.25, 0.3) is 11.3 Å². The number of halogens is 1. The number of rotatable bonds is 4. The van der Waals surface area contributed by atoms with Crippen LogP contribution in [0.4, 0.5) is 10.3 Å². The molecule has 0 bridgehead atoms. The summed E-state index contributed by atoms with van der Waals surface area (Å²) in [4.78, 5) is 20.2. The average Bonchev–Trinajstić information content (AvgIpc) is 2.38. The van der Waals surface area contributed by atoms with Gasteiger partial charge in [-0.05, 0) is 18.2 Å². The molecule has 1 heterocycles. The number of carboxylic acids is 1. The average molecular weight is 261 g/mol. The maximum absolute atomic E-state index is 13.7. The first-order chi connectivity index (χ1) is 9.08. The Balaban J connectivity index is 2.34. The van der Waals surface area contributed by atoms with Crippen molar-refractivity contribution in [2.24, 2.45) is 0 Å². The van der Waals surface area contributed by atoms with E-state index < -0.39 is 5.97 Å². The van der Waals surface area contributed by atoms with Gasteiger partial charge in [-0.2, -0.15) is 0 Å². The molecule has 0 saturated carbocycles. The molecule has 0 atom stereocenters. The topological polar surface area (TPSA) is 66.3 Å². The van der Waals surface area contributed by atoms with Crippen molar-refractivity contribution in [3.8, 4) is 11.3 Å². The molecular formula is C13H12FN3O2. The Hall–Kier alpha value is -2.50. The first-order valence-electron chi connectivity index (χ1n) is 5.59. The molecule has 0 saturated heterocycles. The van der Waals surface area contributed by atoms with Gasteiger partial charge in [-0.15, -0.1) is 0 Å². The van der Waals surface area contributed by atoms with Crippen molar-refractivity contribution in [2.45, 2.75) is 0 Å². The number of carbonyl (C=O) groups is 1. The van der Waals surface area contributed by atoms with Crippen molar-refractivity contribution >= 4 is 11.9 Å². The molecule has 0 aliphatic carbocycles. The van der Waals surface area contributed by atoms with Crippen LogP contribution >= 0.6 is 0 Å². The lowest BCUT2D eigenvalue weighted by molar-refractivity contribution is -0.135. The molecule has 0 spiro atoms. The van der Waals surface area contributed by atoms with E-state index in [0.29, 0.717) is 11.3 Å². The molecule has 19 heavy (non-hydrogen) atoms. The van der Waals surface area contributed by atoms with E-state index in [9.17, 15) is 9.18 Å². The standard InChI is InChI=1S/C13H12FN3O2/c1-17(8-12(18)19)13-15-7-6-11(16-13)9-4-2-3-5-10(9)14/h2-7H,8H2,1H3,(H,18,19). The van der Waals surface area contributed by atoms with E-state index in [4.69, 9.17) is 5.11 Å². The Morgan fingerprint density at radius 1 is 1.37 bits per heavy atom. The van der Waals surface area contributed by atoms with Crippen LogP contribution in [0.15, 0.2) is 36.5 Å². The third kappa shape index (κ3) is 3.04. The molecule has 0 aliphatic heterocycles. The number of nitrogens with zero attached hydrogens (tertiary/aromatic N) is 3. The molecule has 98 valence electrons. The van der Waals surface area contributed by atoms with Crippen LogP contribution in [0, 0.1) is 5.82 Å². The number of carboxylic acid groups (broad SMARTS) is 1. The Kier molecular flexibility index (Phi) is 3.70. The Morgan fingerprint density at radius 3 is 2.79 bits per heavy atom. The minimum atomic E-state index is -0.984. The molecule has 6 heteroatoms. The minimum absolute atomic E-state index is 0.222. The van der Waals surface area contributed by atoms with E-state index in [2.05, 4.69) is 9.97 Å². The van der Waals surface area contributed by atoms with E-state index in [1.54, 1.807) is 31.3 Å². The van der Waals surface area contributed by atoms with E-state index in [1.807, 2.05) is 0 Å². The largest absolute Gasteiger partial charge is 0.480 e. The third-order valence-electron chi connectivity index (χ3n) is 2.51. The molecule has 0 aliphatic rings. The zero-order valence-electron chi connectivity index (χ0n) is 10.2. The highest BCUT2D eigenvalue weighted by atomic mass is 19.1. The lowest BCUT2D eigenvalue weighted by Gasteiger charge is -2.14. The predicted molar refractivity (Wildman–Crippen MR) is 68.3 cm³/mol. The lowest BCUT2D eigenvalue weighted by Crippen LogP contribution is -2.26. The van der Waals surface area contributed by atoms with Gasteiger partial charge >= 0.3 is 5.97 Å². The summed E-state index contributed by atoms with van der Waals surface area (Å²) in [5.74, 6) is -1.13. The summed E-state index contributed by atoms with van der Waals surface area (Å²) >= 11 is 0. The second kappa shape index (κ2) is 5.43. The fourth-order valence-electron chi connectivity index (χ4n) is 1.62. The van der Waals surface area contributed by atoms with Crippen molar-refractivity contribution in [3.63, 3.8) is 0 Å². The number of hydrogen-bond donors (Lipinski definition) is 1. The highest BCUT2D eigenvalue weighted by Gasteiger charge is 2.11. The second-order valence-electron chi connectivity index (χ2n) is 3.97. The van der Waals surface area contributed by atoms with Crippen LogP contribution in [-0.2, 0) is 4.79 Å². The Labute approximate surface area is 109 Å². The molecule has 2 rings (SSSR count). The maximum atomic E-state index is 13.7. The van der Waals surface area contributed by atoms with Crippen LogP contribution in [-0.4, -0.2) is 34.6 Å². The molecule has 5 nitrogen and oxygen atoms in total. The number of benzene rings is 1. The van der Waals surface area contributed by atoms with Gasteiger partial charge in [-0.1, -0.05) is 12.1 Å². The second-order valence-corrected chi connectivity index (χ2v) is 3.97. The zero-order valence-corrected chi connectivity index (χ0v) is 10.2. The van der Waals surface area contributed by atoms with Gasteiger partial charge in [0.1, 0.15) is 12.4 Å². The number of anilines is 1. The van der Waals surface area contributed by atoms with Crippen molar-refractivity contribution in [2.75, 3.05) is 18.5 Å². The maximum Gasteiger partial charge on any atom is 0.323 e. The molecule has 1 aromatic heterocycles. The summed E-state index contributed by atoms with van der Waals surface area (Å²) in [7, 11) is 1.56. The molecule has 0 fully saturated rings. The van der Waals surface area contributed by atoms with Crippen LogP contribution in [0.5, 0.6) is 0 Å². The fourth-order valence-corrected chi connectivity index (χ4v) is 1.62. The number of likely N-dealkylation sites (N-methyl/N-ethyl adjacent to an activating group) is 1. The quantitative estimate of drug-likeness (QED) is 0.909. The summed E-state index contributed by atoms with van der Waals surface area (Å²) in [6, 6.07) is 7.84. The van der Waals surface area contributed by atoms with E-state index >= 15 is 0 Å². The summed E-state index contributed by atoms with van der Waals surface area (Å²) in [5.41, 5.74) is 0.773. The Morgan fingerprint density at radius 2 is 2.11 bits per heavy atom. The smallest absolute Gasteiger partial charge is 0.323 e. The summed E-state index contributed by atoms with van der Waals surface area (Å²) in [6.45, 7) is -0.222. The van der Waals surface area contributed by atoms with Gasteiger partial charge < -0.3 is 10.0 Å². The molecular weight excluding hydrogens is 249 g/mol. The van der Waals surface area contributed by atoms with Crippen LogP contribution in [0.2, 0.25) is 0 Å². The van der Waals surface area contributed by atoms with Gasteiger partial charge in [-0.25, -0.2) is 14.4 Å². The number of aliphatic carboxylic acids is 1. The summed E-state index contributed by atoms with van der Waals surface area (Å²) < 4.78 is 13.7. The van der Waals surface area contributed by atoms with Crippen molar-refractivity contribution < 1.29 is 14.3 Å². The molecule has 2 aromatic rings. The third-order valence-corrected chi connectivity index (χ3v) is 2.51. The summed E-state index contributed by atoms with van der Waals surface area (Å²) in [5, 5.41) is 8.72. The normalized spacial score (nSPS) is 10.2. The van der Waals surface area contributed by atoms with Crippen molar-refractivity contribution in [3.05, 3.63) is 42.3 Å². The first-order valence-corrected chi connectivity index (χ1v) is 5.59. The van der Waals surface area contributed by atoms with Gasteiger partial charge in [0, 0.05) is 18.8 Å². The van der Waals surface area contributed by atoms with Gasteiger partial charge in [-0.3, -0.25) is 4.79 Å². The first kappa shape index (κ1) is 12.9. The van der Waals surface area contributed by atoms with Gasteiger partial charge in [0.2, 0.25) is 5.95 Å². The van der Waals surface area contributed by atoms with Crippen LogP contribution in [0.1, 0.15) is 0 Å². The number of aromatic nitrogens is 2. The van der Waals surface area contributed by atoms with E-state index in [-0.39, 0.29) is 18.3 Å². The van der Waals surface area contributed by atoms with Crippen molar-refractivity contribution in [1.29, 1.82) is 0 Å². The highest BCUT2D eigenvalue weighted by Crippen LogP contribution is 2.21. The monoisotopic (exact) mass is 261 g/mol. The van der Waals surface area contributed by atoms with E-state index in [0.717, 1.165) is 0 Å². The van der Waals surface area contributed by atoms with Gasteiger partial charge in [0.15, 0.2) is 0 Å². The minimum Gasteiger partial charge on any atom is -0.480 e. The van der Waals surface area contributed by atoms with Crippen molar-refractivity contribution in [1.82, 2.24) is 9.97 Å². The Bertz CT molecular complexity index is 604. The summed E-state index contributed by atoms with van der Waals surface area (Å²) in [6.07, 6.45) is 1.47. The lowest BCUT2D eigenvalue weighted by atomic mass is 10.1. The fraction of sp³-hybridized carbons (Fsp3) is 0.154. The SMILES string of the molecule is CN(CC(=O)O)c1nccc(-c2ccccc2F)n1. The molecule has 1 N–H and O–H groups in total. The van der Waals surface area contributed by atoms with E-state index in [1.165, 1.54) is 17.2 Å². The number of hydrogen-bond acceptors (Lipinski definition) is 4. The molecule has 0 radical (unpaired) electrons. The molecule has 0 amide bonds. The van der Waals surface area contributed by atoms with Crippen LogP contribution in [0.3, 0.4) is 0 Å². The van der Waals surface area contributed by atoms with Crippen LogP contribution < -0.4 is 4.90 Å². The predicted octanol–water partition coefficient (Wildman–Crippen LogP) is 1.80. The van der Waals surface area contributed by atoms with Gasteiger partial charge in [0.05, 0.1) is 5.69 Å². The molecule has 1 aromatic carbocycles. The molecule has 0 unspecified atom stereocenters. The zero-order chi connectivity index (χ0) is 13.8. The van der Waals surface area contributed by atoms with Gasteiger partial charge in [0.25, 0.3) is 0 Å². The highest BCUT2D eigenvalue weighted by molar-refractivity contribution is 5.72.